The average molecular weight is 513 g/mol. The molecule has 7 nitrogen and oxygen atoms in total. The van der Waals surface area contributed by atoms with Crippen LogP contribution in [0.2, 0.25) is 0 Å². The van der Waals surface area contributed by atoms with E-state index in [9.17, 15) is 27.9 Å². The normalized spacial score (nSPS) is 12.4. The van der Waals surface area contributed by atoms with E-state index in [1.807, 2.05) is 0 Å². The summed E-state index contributed by atoms with van der Waals surface area (Å²) in [7, 11) is 0. The third-order valence-corrected chi connectivity index (χ3v) is 4.71. The van der Waals surface area contributed by atoms with E-state index < -0.39 is 47.9 Å². The summed E-state index contributed by atoms with van der Waals surface area (Å²) >= 11 is 0. The van der Waals surface area contributed by atoms with Crippen LogP contribution >= 0.6 is 0 Å². The van der Waals surface area contributed by atoms with Crippen LogP contribution in [0.1, 0.15) is 37.5 Å². The van der Waals surface area contributed by atoms with Crippen LogP contribution < -0.4 is 15.4 Å². The molecule has 0 unspecified atom stereocenters. The summed E-state index contributed by atoms with van der Waals surface area (Å²) in [5, 5.41) is 13.6. The van der Waals surface area contributed by atoms with Gasteiger partial charge in [0.25, 0.3) is 0 Å². The van der Waals surface area contributed by atoms with Gasteiger partial charge in [0.15, 0.2) is 5.82 Å². The van der Waals surface area contributed by atoms with E-state index in [2.05, 4.69) is 11.9 Å². The molecule has 1 atom stereocenters. The van der Waals surface area contributed by atoms with Crippen LogP contribution in [0, 0.1) is 5.82 Å². The number of aliphatic hydroxyl groups excluding tert-OH is 1. The highest BCUT2D eigenvalue weighted by molar-refractivity contribution is 5.96. The Balaban J connectivity index is 2.45. The first kappa shape index (κ1) is 28.6. The van der Waals surface area contributed by atoms with Crippen LogP contribution in [0.15, 0.2) is 43.0 Å². The summed E-state index contributed by atoms with van der Waals surface area (Å²) in [6, 6.07) is 8.75. The van der Waals surface area contributed by atoms with Crippen LogP contribution in [-0.2, 0) is 22.6 Å². The maximum Gasteiger partial charge on any atom is 0.471 e. The Labute approximate surface area is 206 Å². The third kappa shape index (κ3) is 8.26. The number of ether oxygens (including phenoxy) is 2. The summed E-state index contributed by atoms with van der Waals surface area (Å²) in [5.41, 5.74) is -1.09. The average Bonchev–Trinajstić information content (AvgIpc) is 2.78. The largest absolute Gasteiger partial charge is 0.487 e. The fourth-order valence-electron chi connectivity index (χ4n) is 3.11. The van der Waals surface area contributed by atoms with Crippen LogP contribution in [0.3, 0.4) is 0 Å². The number of nitrogens with one attached hydrogen (secondary N) is 2. The second-order valence-corrected chi connectivity index (χ2v) is 8.79. The summed E-state index contributed by atoms with van der Waals surface area (Å²) in [4.78, 5) is 23.7. The fourth-order valence-corrected chi connectivity index (χ4v) is 3.11. The van der Waals surface area contributed by atoms with Crippen LogP contribution in [0.5, 0.6) is 5.75 Å². The Bertz CT molecular complexity index is 1080. The lowest BCUT2D eigenvalue weighted by Crippen LogP contribution is -2.42. The molecule has 0 aliphatic carbocycles. The topological polar surface area (TPSA) is 96.9 Å². The molecule has 0 aliphatic heterocycles. The quantitative estimate of drug-likeness (QED) is 0.412. The van der Waals surface area contributed by atoms with Crippen LogP contribution in [0.4, 0.5) is 28.0 Å². The van der Waals surface area contributed by atoms with Gasteiger partial charge < -0.3 is 25.2 Å². The summed E-state index contributed by atoms with van der Waals surface area (Å²) in [6.07, 6.45) is -5.27. The Morgan fingerprint density at radius 2 is 1.81 bits per heavy atom. The van der Waals surface area contributed by atoms with Gasteiger partial charge in [-0.25, -0.2) is 9.18 Å². The molecule has 2 aromatic rings. The Morgan fingerprint density at radius 3 is 2.33 bits per heavy atom. The van der Waals surface area contributed by atoms with Gasteiger partial charge in [0.05, 0.1) is 12.6 Å². The number of halogens is 4. The second kappa shape index (κ2) is 11.9. The number of carbonyl (C=O) groups is 2. The summed E-state index contributed by atoms with van der Waals surface area (Å²) < 4.78 is 65.2. The van der Waals surface area contributed by atoms with Crippen molar-refractivity contribution in [2.45, 2.75) is 51.6 Å². The third-order valence-electron chi connectivity index (χ3n) is 4.71. The van der Waals surface area contributed by atoms with Gasteiger partial charge in [-0.3, -0.25) is 4.79 Å². The van der Waals surface area contributed by atoms with E-state index in [1.54, 1.807) is 51.1 Å². The van der Waals surface area contributed by atoms with Gasteiger partial charge >= 0.3 is 18.2 Å². The second-order valence-electron chi connectivity index (χ2n) is 8.79. The van der Waals surface area contributed by atoms with Crippen molar-refractivity contribution in [3.05, 3.63) is 65.5 Å². The molecule has 2 aromatic carbocycles. The van der Waals surface area contributed by atoms with Gasteiger partial charge in [0.1, 0.15) is 23.6 Å². The monoisotopic (exact) mass is 512 g/mol. The standard InChI is InChI=1S/C25H28F4N2O5/c1-5-16-11-19(35-14-15-9-7-6-8-10-15)21(31-22(33)25(27,28)29)20(26)18(16)12-17(13-32)30-23(34)36-24(2,3)4/h5-11,17,32H,1,12-14H2,2-4H3,(H,30,34)(H,31,33)/t17-/m0/s1. The van der Waals surface area contributed by atoms with Crippen molar-refractivity contribution in [1.82, 2.24) is 5.32 Å². The smallest absolute Gasteiger partial charge is 0.471 e. The predicted molar refractivity (Wildman–Crippen MR) is 126 cm³/mol. The van der Waals surface area contributed by atoms with E-state index in [-0.39, 0.29) is 29.9 Å². The molecule has 0 aromatic heterocycles. The van der Waals surface area contributed by atoms with Crippen molar-refractivity contribution < 1.29 is 41.7 Å². The van der Waals surface area contributed by atoms with Gasteiger partial charge in [-0.1, -0.05) is 43.0 Å². The predicted octanol–water partition coefficient (Wildman–Crippen LogP) is 4.98. The van der Waals surface area contributed by atoms with Gasteiger partial charge in [0, 0.05) is 0 Å². The molecule has 0 saturated carbocycles. The van der Waals surface area contributed by atoms with Crippen LogP contribution in [0.25, 0.3) is 6.08 Å². The lowest BCUT2D eigenvalue weighted by atomic mass is 9.98. The van der Waals surface area contributed by atoms with Gasteiger partial charge in [-0.15, -0.1) is 0 Å². The zero-order chi connectivity index (χ0) is 27.1. The SMILES string of the molecule is C=Cc1cc(OCc2ccccc2)c(NC(=O)C(F)(F)F)c(F)c1C[C@@H](CO)NC(=O)OC(C)(C)C. The minimum absolute atomic E-state index is 0.120. The van der Waals surface area contributed by atoms with Crippen LogP contribution in [-0.4, -0.2) is 41.5 Å². The molecule has 196 valence electrons. The van der Waals surface area contributed by atoms with E-state index >= 15 is 4.39 Å². The van der Waals surface area contributed by atoms with Crippen molar-refractivity contribution in [1.29, 1.82) is 0 Å². The van der Waals surface area contributed by atoms with Crippen molar-refractivity contribution in [3.8, 4) is 5.75 Å². The number of hydrogen-bond donors (Lipinski definition) is 3. The van der Waals surface area contributed by atoms with E-state index in [0.29, 0.717) is 5.56 Å². The molecule has 0 spiro atoms. The number of rotatable bonds is 9. The number of alkyl carbamates (subject to hydrolysis) is 1. The van der Waals surface area contributed by atoms with E-state index in [0.717, 1.165) is 0 Å². The van der Waals surface area contributed by atoms with Gasteiger partial charge in [0.2, 0.25) is 0 Å². The van der Waals surface area contributed by atoms with Gasteiger partial charge in [-0.05, 0) is 49.9 Å². The highest BCUT2D eigenvalue weighted by Crippen LogP contribution is 2.36. The Kier molecular flexibility index (Phi) is 9.46. The number of hydrogen-bond acceptors (Lipinski definition) is 5. The minimum atomic E-state index is -5.29. The molecule has 0 aliphatic rings. The Hall–Kier alpha value is -3.60. The molecule has 36 heavy (non-hydrogen) atoms. The highest BCUT2D eigenvalue weighted by Gasteiger charge is 2.40. The molecular formula is C25H28F4N2O5. The van der Waals surface area contributed by atoms with Gasteiger partial charge in [-0.2, -0.15) is 13.2 Å². The number of anilines is 1. The first-order chi connectivity index (χ1) is 16.7. The lowest BCUT2D eigenvalue weighted by molar-refractivity contribution is -0.167. The fraction of sp³-hybridized carbons (Fsp3) is 0.360. The zero-order valence-corrected chi connectivity index (χ0v) is 20.0. The molecule has 0 radical (unpaired) electrons. The first-order valence-electron chi connectivity index (χ1n) is 10.9. The molecule has 0 saturated heterocycles. The number of alkyl halides is 3. The Morgan fingerprint density at radius 1 is 1.17 bits per heavy atom. The number of carbonyl (C=O) groups excluding carboxylic acids is 2. The zero-order valence-electron chi connectivity index (χ0n) is 20.0. The maximum atomic E-state index is 15.6. The molecule has 11 heteroatoms. The van der Waals surface area contributed by atoms with E-state index in [1.165, 1.54) is 17.5 Å². The number of amides is 2. The number of aliphatic hydroxyl groups is 1. The van der Waals surface area contributed by atoms with Crippen molar-refractivity contribution in [2.24, 2.45) is 0 Å². The van der Waals surface area contributed by atoms with Crippen molar-refractivity contribution in [3.63, 3.8) is 0 Å². The minimum Gasteiger partial charge on any atom is -0.487 e. The maximum absolute atomic E-state index is 15.6. The van der Waals surface area contributed by atoms with E-state index in [4.69, 9.17) is 9.47 Å². The molecule has 0 fully saturated rings. The number of benzene rings is 2. The van der Waals surface area contributed by atoms with Crippen molar-refractivity contribution >= 4 is 23.8 Å². The molecular weight excluding hydrogens is 484 g/mol. The summed E-state index contributed by atoms with van der Waals surface area (Å²) in [6.45, 7) is 7.72. The molecule has 3 N–H and O–H groups in total. The lowest BCUT2D eigenvalue weighted by Gasteiger charge is -2.24. The molecule has 2 rings (SSSR count). The van der Waals surface area contributed by atoms with Crippen molar-refractivity contribution in [2.75, 3.05) is 11.9 Å². The highest BCUT2D eigenvalue weighted by atomic mass is 19.4. The molecule has 0 heterocycles. The first-order valence-corrected chi connectivity index (χ1v) is 10.9. The molecule has 0 bridgehead atoms. The molecule has 2 amide bonds. The summed E-state index contributed by atoms with van der Waals surface area (Å²) in [5.74, 6) is -3.97.